The van der Waals surface area contributed by atoms with E-state index in [-0.39, 0.29) is 5.91 Å². The number of nitrogens with zero attached hydrogens (tertiary/aromatic N) is 2. The van der Waals surface area contributed by atoms with Crippen molar-refractivity contribution in [1.82, 2.24) is 4.90 Å². The Bertz CT molecular complexity index is 745. The van der Waals surface area contributed by atoms with Gasteiger partial charge < -0.3 is 19.9 Å². The van der Waals surface area contributed by atoms with Gasteiger partial charge in [-0.05, 0) is 30.3 Å². The van der Waals surface area contributed by atoms with Crippen LogP contribution in [0.5, 0.6) is 5.75 Å². The van der Waals surface area contributed by atoms with E-state index in [1.54, 1.807) is 7.11 Å². The smallest absolute Gasteiger partial charge is 0.224 e. The average molecular weight is 374 g/mol. The Morgan fingerprint density at radius 1 is 1.12 bits per heavy atom. The fourth-order valence-corrected chi connectivity index (χ4v) is 3.28. The van der Waals surface area contributed by atoms with Crippen LogP contribution in [-0.4, -0.2) is 50.6 Å². The zero-order chi connectivity index (χ0) is 18.4. The minimum absolute atomic E-state index is 0.186. The maximum Gasteiger partial charge on any atom is 0.224 e. The monoisotopic (exact) mass is 373 g/mol. The molecule has 6 heteroatoms. The van der Waals surface area contributed by atoms with E-state index in [4.69, 9.17) is 16.3 Å². The first-order valence-electron chi connectivity index (χ1n) is 8.82. The van der Waals surface area contributed by atoms with Gasteiger partial charge >= 0.3 is 0 Å². The average Bonchev–Trinajstić information content (AvgIpc) is 2.68. The summed E-state index contributed by atoms with van der Waals surface area (Å²) in [4.78, 5) is 16.6. The van der Waals surface area contributed by atoms with E-state index in [0.29, 0.717) is 13.0 Å². The Balaban J connectivity index is 1.43. The van der Waals surface area contributed by atoms with Gasteiger partial charge in [0.15, 0.2) is 0 Å². The molecule has 0 unspecified atom stereocenters. The Morgan fingerprint density at radius 2 is 1.88 bits per heavy atom. The Morgan fingerprint density at radius 3 is 2.62 bits per heavy atom. The van der Waals surface area contributed by atoms with Gasteiger partial charge in [0, 0.05) is 61.6 Å². The molecule has 2 aromatic carbocycles. The minimum atomic E-state index is 0.186. The highest BCUT2D eigenvalue weighted by Gasteiger charge is 2.21. The van der Waals surface area contributed by atoms with E-state index in [2.05, 4.69) is 16.3 Å². The number of rotatable bonds is 6. The van der Waals surface area contributed by atoms with Gasteiger partial charge in [-0.25, -0.2) is 0 Å². The van der Waals surface area contributed by atoms with Gasteiger partial charge in [0.25, 0.3) is 0 Å². The number of benzene rings is 2. The summed E-state index contributed by atoms with van der Waals surface area (Å²) in [7, 11) is 1.64. The molecule has 2 aromatic rings. The molecule has 0 spiro atoms. The molecule has 1 N–H and O–H groups in total. The molecule has 0 bridgehead atoms. The number of methoxy groups -OCH3 is 1. The van der Waals surface area contributed by atoms with Crippen LogP contribution in [0.4, 0.5) is 11.4 Å². The van der Waals surface area contributed by atoms with Crippen LogP contribution in [0.2, 0.25) is 5.02 Å². The first kappa shape index (κ1) is 18.4. The fraction of sp³-hybridized carbons (Fsp3) is 0.350. The van der Waals surface area contributed by atoms with Crippen LogP contribution >= 0.6 is 11.6 Å². The van der Waals surface area contributed by atoms with Gasteiger partial charge in [0.05, 0.1) is 7.11 Å². The summed E-state index contributed by atoms with van der Waals surface area (Å²) in [5, 5.41) is 4.02. The van der Waals surface area contributed by atoms with Crippen molar-refractivity contribution >= 4 is 28.9 Å². The molecule has 1 saturated heterocycles. The molecule has 3 rings (SSSR count). The lowest BCUT2D eigenvalue weighted by molar-refractivity contribution is -0.131. The van der Waals surface area contributed by atoms with Crippen molar-refractivity contribution in [2.45, 2.75) is 6.42 Å². The summed E-state index contributed by atoms with van der Waals surface area (Å²) in [6.07, 6.45) is 0.481. The Hall–Kier alpha value is -2.40. The minimum Gasteiger partial charge on any atom is -0.497 e. The molecule has 0 aliphatic carbocycles. The number of piperazine rings is 1. The van der Waals surface area contributed by atoms with E-state index >= 15 is 0 Å². The van der Waals surface area contributed by atoms with E-state index in [9.17, 15) is 4.79 Å². The van der Waals surface area contributed by atoms with Crippen molar-refractivity contribution in [3.8, 4) is 5.75 Å². The SMILES string of the molecule is COc1cccc(NCCC(=O)N2CCN(c3cccc(Cl)c3)CC2)c1. The summed E-state index contributed by atoms with van der Waals surface area (Å²) in [6.45, 7) is 3.75. The van der Waals surface area contributed by atoms with Gasteiger partial charge in [-0.1, -0.05) is 23.7 Å². The van der Waals surface area contributed by atoms with Crippen molar-refractivity contribution < 1.29 is 9.53 Å². The molecule has 1 aliphatic rings. The van der Waals surface area contributed by atoms with Gasteiger partial charge in [-0.15, -0.1) is 0 Å². The first-order chi connectivity index (χ1) is 12.7. The second kappa shape index (κ2) is 8.81. The number of anilines is 2. The van der Waals surface area contributed by atoms with Gasteiger partial charge in [0.2, 0.25) is 5.91 Å². The highest BCUT2D eigenvalue weighted by atomic mass is 35.5. The highest BCUT2D eigenvalue weighted by molar-refractivity contribution is 6.30. The van der Waals surface area contributed by atoms with Crippen molar-refractivity contribution in [2.24, 2.45) is 0 Å². The third kappa shape index (κ3) is 4.82. The number of carbonyl (C=O) groups excluding carboxylic acids is 1. The molecule has 1 fully saturated rings. The van der Waals surface area contributed by atoms with Gasteiger partial charge in [-0.3, -0.25) is 4.79 Å². The second-order valence-corrected chi connectivity index (χ2v) is 6.69. The number of halogens is 1. The maximum atomic E-state index is 12.4. The molecule has 0 saturated carbocycles. The summed E-state index contributed by atoms with van der Waals surface area (Å²) < 4.78 is 5.20. The summed E-state index contributed by atoms with van der Waals surface area (Å²) in [5.74, 6) is 0.990. The lowest BCUT2D eigenvalue weighted by atomic mass is 10.2. The zero-order valence-corrected chi connectivity index (χ0v) is 15.7. The normalized spacial score (nSPS) is 14.2. The van der Waals surface area contributed by atoms with Crippen LogP contribution in [0.3, 0.4) is 0 Å². The van der Waals surface area contributed by atoms with Crippen molar-refractivity contribution in [3.63, 3.8) is 0 Å². The lowest BCUT2D eigenvalue weighted by Crippen LogP contribution is -2.49. The maximum absolute atomic E-state index is 12.4. The van der Waals surface area contributed by atoms with Crippen molar-refractivity contribution in [2.75, 3.05) is 50.1 Å². The van der Waals surface area contributed by atoms with E-state index < -0.39 is 0 Å². The molecular weight excluding hydrogens is 350 g/mol. The summed E-state index contributed by atoms with van der Waals surface area (Å²) in [6, 6.07) is 15.6. The summed E-state index contributed by atoms with van der Waals surface area (Å²) >= 11 is 6.06. The number of nitrogens with one attached hydrogen (secondary N) is 1. The third-order valence-electron chi connectivity index (χ3n) is 4.54. The van der Waals surface area contributed by atoms with Crippen LogP contribution < -0.4 is 15.0 Å². The number of hydrogen-bond donors (Lipinski definition) is 1. The molecule has 0 aromatic heterocycles. The van der Waals surface area contributed by atoms with E-state index in [0.717, 1.165) is 48.3 Å². The van der Waals surface area contributed by atoms with Crippen molar-refractivity contribution in [3.05, 3.63) is 53.6 Å². The first-order valence-corrected chi connectivity index (χ1v) is 9.20. The van der Waals surface area contributed by atoms with Crippen LogP contribution in [-0.2, 0) is 4.79 Å². The van der Waals surface area contributed by atoms with E-state index in [1.165, 1.54) is 0 Å². The molecule has 5 nitrogen and oxygen atoms in total. The largest absolute Gasteiger partial charge is 0.497 e. The summed E-state index contributed by atoms with van der Waals surface area (Å²) in [5.41, 5.74) is 2.08. The molecule has 0 atom stereocenters. The molecular formula is C20H24ClN3O2. The van der Waals surface area contributed by atoms with Gasteiger partial charge in [0.1, 0.15) is 5.75 Å². The number of ether oxygens (including phenoxy) is 1. The van der Waals surface area contributed by atoms with Crippen LogP contribution in [0.1, 0.15) is 6.42 Å². The standard InChI is InChI=1S/C20H24ClN3O2/c1-26-19-7-3-5-17(15-19)22-9-8-20(25)24-12-10-23(11-13-24)18-6-2-4-16(21)14-18/h2-7,14-15,22H,8-13H2,1H3. The molecule has 1 heterocycles. The lowest BCUT2D eigenvalue weighted by Gasteiger charge is -2.36. The van der Waals surface area contributed by atoms with Crippen molar-refractivity contribution in [1.29, 1.82) is 0 Å². The second-order valence-electron chi connectivity index (χ2n) is 6.26. The third-order valence-corrected chi connectivity index (χ3v) is 4.78. The Labute approximate surface area is 159 Å². The molecule has 138 valence electrons. The van der Waals surface area contributed by atoms with Crippen LogP contribution in [0.15, 0.2) is 48.5 Å². The highest BCUT2D eigenvalue weighted by Crippen LogP contribution is 2.21. The predicted molar refractivity (Wildman–Crippen MR) is 106 cm³/mol. The molecule has 1 amide bonds. The van der Waals surface area contributed by atoms with Gasteiger partial charge in [-0.2, -0.15) is 0 Å². The Kier molecular flexibility index (Phi) is 6.23. The van der Waals surface area contributed by atoms with Crippen LogP contribution in [0, 0.1) is 0 Å². The fourth-order valence-electron chi connectivity index (χ4n) is 3.09. The molecule has 1 aliphatic heterocycles. The number of amides is 1. The van der Waals surface area contributed by atoms with E-state index in [1.807, 2.05) is 47.4 Å². The molecule has 0 radical (unpaired) electrons. The topological polar surface area (TPSA) is 44.8 Å². The number of carbonyl (C=O) groups is 1. The van der Waals surface area contributed by atoms with Crippen LogP contribution in [0.25, 0.3) is 0 Å². The number of hydrogen-bond acceptors (Lipinski definition) is 4. The predicted octanol–water partition coefficient (Wildman–Crippen LogP) is 3.50. The molecule has 26 heavy (non-hydrogen) atoms. The zero-order valence-electron chi connectivity index (χ0n) is 15.0. The quantitative estimate of drug-likeness (QED) is 0.841.